The average molecular weight is 230 g/mol. The highest BCUT2D eigenvalue weighted by Gasteiger charge is 2.06. The van der Waals surface area contributed by atoms with Crippen LogP contribution in [0.25, 0.3) is 0 Å². The first kappa shape index (κ1) is 12.2. The first-order chi connectivity index (χ1) is 7.16. The predicted molar refractivity (Wildman–Crippen MR) is 62.8 cm³/mol. The summed E-state index contributed by atoms with van der Waals surface area (Å²) in [5, 5.41) is 6.94. The highest BCUT2D eigenvalue weighted by molar-refractivity contribution is 7.71. The monoisotopic (exact) mass is 230 g/mol. The Hall–Kier alpha value is -0.880. The average Bonchev–Trinajstić information content (AvgIpc) is 2.55. The van der Waals surface area contributed by atoms with Gasteiger partial charge in [-0.3, -0.25) is 4.57 Å². The summed E-state index contributed by atoms with van der Waals surface area (Å²) in [6.45, 7) is 4.35. The second-order valence-electron chi connectivity index (χ2n) is 3.43. The fourth-order valence-corrected chi connectivity index (χ4v) is 1.54. The van der Waals surface area contributed by atoms with Crippen LogP contribution in [-0.2, 0) is 11.3 Å². The van der Waals surface area contributed by atoms with Crippen LogP contribution < -0.4 is 4.90 Å². The van der Waals surface area contributed by atoms with Crippen LogP contribution in [0, 0.1) is 4.77 Å². The van der Waals surface area contributed by atoms with Gasteiger partial charge in [-0.15, -0.1) is 5.10 Å². The van der Waals surface area contributed by atoms with Crippen LogP contribution in [0.1, 0.15) is 13.3 Å². The van der Waals surface area contributed by atoms with Gasteiger partial charge >= 0.3 is 0 Å². The molecule has 0 saturated heterocycles. The van der Waals surface area contributed by atoms with Gasteiger partial charge in [-0.2, -0.15) is 0 Å². The van der Waals surface area contributed by atoms with Crippen LogP contribution in [0.5, 0.6) is 0 Å². The number of H-pyrrole nitrogens is 1. The molecule has 0 amide bonds. The summed E-state index contributed by atoms with van der Waals surface area (Å²) < 4.78 is 7.92. The van der Waals surface area contributed by atoms with Crippen LogP contribution in [0.2, 0.25) is 0 Å². The van der Waals surface area contributed by atoms with E-state index in [0.717, 1.165) is 32.1 Å². The first-order valence-electron chi connectivity index (χ1n) is 5.07. The number of nitrogens with zero attached hydrogens (tertiary/aromatic N) is 3. The van der Waals surface area contributed by atoms with Gasteiger partial charge in [0.1, 0.15) is 0 Å². The molecule has 0 spiro atoms. The van der Waals surface area contributed by atoms with Crippen molar-refractivity contribution in [2.45, 2.75) is 19.9 Å². The third kappa shape index (κ3) is 3.32. The molecular weight excluding hydrogens is 212 g/mol. The smallest absolute Gasteiger partial charge is 0.225 e. The third-order valence-corrected chi connectivity index (χ3v) is 2.32. The van der Waals surface area contributed by atoms with Crippen LogP contribution in [0.15, 0.2) is 0 Å². The Labute approximate surface area is 95.0 Å². The zero-order valence-electron chi connectivity index (χ0n) is 9.49. The van der Waals surface area contributed by atoms with Gasteiger partial charge in [0.05, 0.1) is 0 Å². The van der Waals surface area contributed by atoms with Crippen molar-refractivity contribution in [2.75, 3.05) is 32.2 Å². The lowest BCUT2D eigenvalue weighted by molar-refractivity contribution is 0.141. The standard InChI is InChI=1S/C9H18N4OS/c1-4-14-7-5-6-13-8(12(2)3)10-11-9(13)15/h4-7H2,1-3H3,(H,11,15). The lowest BCUT2D eigenvalue weighted by atomic mass is 10.4. The minimum absolute atomic E-state index is 0.662. The van der Waals surface area contributed by atoms with Gasteiger partial charge in [-0.05, 0) is 25.6 Å². The number of aromatic nitrogens is 3. The van der Waals surface area contributed by atoms with Crippen molar-refractivity contribution in [1.29, 1.82) is 0 Å². The molecule has 0 radical (unpaired) electrons. The van der Waals surface area contributed by atoms with E-state index < -0.39 is 0 Å². The summed E-state index contributed by atoms with van der Waals surface area (Å²) in [6, 6.07) is 0. The second-order valence-corrected chi connectivity index (χ2v) is 3.81. The summed E-state index contributed by atoms with van der Waals surface area (Å²) in [6.07, 6.45) is 0.947. The molecule has 1 N–H and O–H groups in total. The van der Waals surface area contributed by atoms with E-state index in [1.54, 1.807) is 0 Å². The van der Waals surface area contributed by atoms with Gasteiger partial charge in [0, 0.05) is 33.9 Å². The Bertz CT molecular complexity index is 344. The third-order valence-electron chi connectivity index (χ3n) is 2.01. The molecule has 5 nitrogen and oxygen atoms in total. The van der Waals surface area contributed by atoms with Gasteiger partial charge < -0.3 is 9.64 Å². The molecule has 1 heterocycles. The number of aromatic amines is 1. The van der Waals surface area contributed by atoms with Gasteiger partial charge in [-0.1, -0.05) is 0 Å². The van der Waals surface area contributed by atoms with E-state index in [-0.39, 0.29) is 0 Å². The molecular formula is C9H18N4OS. The molecule has 1 aromatic heterocycles. The van der Waals surface area contributed by atoms with E-state index in [9.17, 15) is 0 Å². The Balaban J connectivity index is 2.59. The van der Waals surface area contributed by atoms with E-state index in [2.05, 4.69) is 10.2 Å². The molecule has 0 aliphatic heterocycles. The molecule has 86 valence electrons. The molecule has 0 fully saturated rings. The van der Waals surface area contributed by atoms with E-state index >= 15 is 0 Å². The summed E-state index contributed by atoms with van der Waals surface area (Å²) in [5.74, 6) is 0.858. The lowest BCUT2D eigenvalue weighted by Crippen LogP contribution is -2.16. The SMILES string of the molecule is CCOCCCn1c(N(C)C)n[nH]c1=S. The molecule has 15 heavy (non-hydrogen) atoms. The Morgan fingerprint density at radius 1 is 1.53 bits per heavy atom. The van der Waals surface area contributed by atoms with E-state index in [1.165, 1.54) is 0 Å². The lowest BCUT2D eigenvalue weighted by Gasteiger charge is -2.12. The molecule has 1 rings (SSSR count). The highest BCUT2D eigenvalue weighted by atomic mass is 32.1. The van der Waals surface area contributed by atoms with Crippen molar-refractivity contribution in [2.24, 2.45) is 0 Å². The molecule has 0 unspecified atom stereocenters. The fourth-order valence-electron chi connectivity index (χ4n) is 1.32. The zero-order valence-corrected chi connectivity index (χ0v) is 10.3. The number of hydrogen-bond acceptors (Lipinski definition) is 4. The summed E-state index contributed by atoms with van der Waals surface area (Å²) in [7, 11) is 3.90. The van der Waals surface area contributed by atoms with Crippen molar-refractivity contribution in [3.8, 4) is 0 Å². The summed E-state index contributed by atoms with van der Waals surface area (Å²) >= 11 is 5.15. The number of nitrogens with one attached hydrogen (secondary N) is 1. The van der Waals surface area contributed by atoms with Gasteiger partial charge in [0.15, 0.2) is 4.77 Å². The summed E-state index contributed by atoms with van der Waals surface area (Å²) in [4.78, 5) is 1.94. The molecule has 0 aromatic carbocycles. The van der Waals surface area contributed by atoms with Crippen LogP contribution >= 0.6 is 12.2 Å². The topological polar surface area (TPSA) is 46.1 Å². The number of anilines is 1. The first-order valence-corrected chi connectivity index (χ1v) is 5.48. The molecule has 0 aliphatic carbocycles. The Morgan fingerprint density at radius 3 is 2.87 bits per heavy atom. The number of ether oxygens (including phenoxy) is 1. The largest absolute Gasteiger partial charge is 0.382 e. The minimum atomic E-state index is 0.662. The summed E-state index contributed by atoms with van der Waals surface area (Å²) in [5.41, 5.74) is 0. The van der Waals surface area contributed by atoms with E-state index in [4.69, 9.17) is 17.0 Å². The van der Waals surface area contributed by atoms with Crippen molar-refractivity contribution in [3.63, 3.8) is 0 Å². The van der Waals surface area contributed by atoms with Crippen molar-refractivity contribution >= 4 is 18.2 Å². The molecule has 0 bridgehead atoms. The number of rotatable bonds is 6. The van der Waals surface area contributed by atoms with E-state index in [0.29, 0.717) is 4.77 Å². The molecule has 0 saturated carbocycles. The maximum atomic E-state index is 5.28. The van der Waals surface area contributed by atoms with Gasteiger partial charge in [-0.25, -0.2) is 5.10 Å². The normalized spacial score (nSPS) is 10.6. The van der Waals surface area contributed by atoms with Crippen molar-refractivity contribution < 1.29 is 4.74 Å². The highest BCUT2D eigenvalue weighted by Crippen LogP contribution is 2.08. The van der Waals surface area contributed by atoms with Gasteiger partial charge in [0.2, 0.25) is 5.95 Å². The quantitative estimate of drug-likeness (QED) is 0.593. The second kappa shape index (κ2) is 5.87. The van der Waals surface area contributed by atoms with Crippen molar-refractivity contribution in [1.82, 2.24) is 14.8 Å². The van der Waals surface area contributed by atoms with Crippen LogP contribution in [-0.4, -0.2) is 42.1 Å². The Kier molecular flexibility index (Phi) is 4.77. The maximum absolute atomic E-state index is 5.28. The van der Waals surface area contributed by atoms with E-state index in [1.807, 2.05) is 30.5 Å². The molecule has 0 aliphatic rings. The maximum Gasteiger partial charge on any atom is 0.225 e. The number of hydrogen-bond donors (Lipinski definition) is 1. The Morgan fingerprint density at radius 2 is 2.27 bits per heavy atom. The predicted octanol–water partition coefficient (Wildman–Crippen LogP) is 1.43. The molecule has 1 aromatic rings. The van der Waals surface area contributed by atoms with Crippen molar-refractivity contribution in [3.05, 3.63) is 4.77 Å². The molecule has 0 atom stereocenters. The molecule has 6 heteroatoms. The van der Waals surface area contributed by atoms with Gasteiger partial charge in [0.25, 0.3) is 0 Å². The zero-order chi connectivity index (χ0) is 11.3. The van der Waals surface area contributed by atoms with Crippen LogP contribution in [0.4, 0.5) is 5.95 Å². The van der Waals surface area contributed by atoms with Crippen LogP contribution in [0.3, 0.4) is 0 Å². The fraction of sp³-hybridized carbons (Fsp3) is 0.778. The minimum Gasteiger partial charge on any atom is -0.382 e.